The van der Waals surface area contributed by atoms with Crippen LogP contribution in [0.3, 0.4) is 0 Å². The number of halogens is 1. The number of hydrogen-bond acceptors (Lipinski definition) is 3. The van der Waals surface area contributed by atoms with E-state index in [9.17, 15) is 4.79 Å². The summed E-state index contributed by atoms with van der Waals surface area (Å²) in [5, 5.41) is 0. The summed E-state index contributed by atoms with van der Waals surface area (Å²) < 4.78 is 1.00. The lowest BCUT2D eigenvalue weighted by atomic mass is 10.2. The van der Waals surface area contributed by atoms with Crippen molar-refractivity contribution in [3.05, 3.63) is 22.3 Å². The minimum Gasteiger partial charge on any atom is -0.353 e. The van der Waals surface area contributed by atoms with Crippen LogP contribution in [0.4, 0.5) is 5.82 Å². The van der Waals surface area contributed by atoms with E-state index < -0.39 is 0 Å². The number of carbonyl (C=O) groups excluding carboxylic acids is 1. The van der Waals surface area contributed by atoms with Gasteiger partial charge in [0.15, 0.2) is 0 Å². The van der Waals surface area contributed by atoms with Crippen molar-refractivity contribution in [3.8, 4) is 0 Å². The van der Waals surface area contributed by atoms with E-state index in [1.165, 1.54) is 0 Å². The summed E-state index contributed by atoms with van der Waals surface area (Å²) in [5.41, 5.74) is 1.16. The largest absolute Gasteiger partial charge is 0.353 e. The van der Waals surface area contributed by atoms with Gasteiger partial charge in [0.25, 0.3) is 0 Å². The number of hydrogen-bond donors (Lipinski definition) is 0. The number of aromatic nitrogens is 1. The molecule has 0 bridgehead atoms. The van der Waals surface area contributed by atoms with Crippen LogP contribution in [0.15, 0.2) is 16.7 Å². The van der Waals surface area contributed by atoms with E-state index >= 15 is 0 Å². The molecule has 1 aromatic heterocycles. The molecule has 1 saturated heterocycles. The number of amides is 1. The molecular weight excluding hydrogens is 270 g/mol. The third kappa shape index (κ3) is 2.35. The Hall–Kier alpha value is -1.10. The van der Waals surface area contributed by atoms with Crippen molar-refractivity contribution in [2.24, 2.45) is 0 Å². The quantitative estimate of drug-likeness (QED) is 0.771. The van der Waals surface area contributed by atoms with Crippen molar-refractivity contribution < 1.29 is 4.79 Å². The number of aryl methyl sites for hydroxylation is 1. The highest BCUT2D eigenvalue weighted by molar-refractivity contribution is 9.10. The fourth-order valence-electron chi connectivity index (χ4n) is 1.90. The maximum atomic E-state index is 10.6. The third-order valence-corrected chi connectivity index (χ3v) is 3.21. The van der Waals surface area contributed by atoms with Gasteiger partial charge in [0, 0.05) is 36.8 Å². The van der Waals surface area contributed by atoms with Crippen LogP contribution in [-0.4, -0.2) is 42.5 Å². The average Bonchev–Trinajstić information content (AvgIpc) is 2.29. The summed E-state index contributed by atoms with van der Waals surface area (Å²) in [5.74, 6) is 1.02. The van der Waals surface area contributed by atoms with Gasteiger partial charge in [0.1, 0.15) is 5.82 Å². The molecule has 0 aromatic carbocycles. The zero-order valence-corrected chi connectivity index (χ0v) is 10.8. The van der Waals surface area contributed by atoms with Gasteiger partial charge in [-0.25, -0.2) is 4.98 Å². The highest BCUT2D eigenvalue weighted by atomic mass is 79.9. The van der Waals surface area contributed by atoms with Gasteiger partial charge >= 0.3 is 0 Å². The van der Waals surface area contributed by atoms with Crippen molar-refractivity contribution in [1.29, 1.82) is 0 Å². The van der Waals surface area contributed by atoms with Gasteiger partial charge < -0.3 is 9.80 Å². The van der Waals surface area contributed by atoms with Crippen LogP contribution >= 0.6 is 15.9 Å². The zero-order valence-electron chi connectivity index (χ0n) is 9.19. The molecule has 1 amide bonds. The molecule has 0 unspecified atom stereocenters. The molecule has 2 heterocycles. The first kappa shape index (κ1) is 11.4. The lowest BCUT2D eigenvalue weighted by Crippen LogP contribution is -2.46. The summed E-state index contributed by atoms with van der Waals surface area (Å²) in [7, 11) is 0. The number of nitrogens with zero attached hydrogens (tertiary/aromatic N) is 3. The molecule has 1 fully saturated rings. The highest BCUT2D eigenvalue weighted by Crippen LogP contribution is 2.21. The van der Waals surface area contributed by atoms with Crippen LogP contribution in [0.5, 0.6) is 0 Å². The molecular formula is C11H14BrN3O. The van der Waals surface area contributed by atoms with Crippen molar-refractivity contribution in [3.63, 3.8) is 0 Å². The Kier molecular flexibility index (Phi) is 3.43. The molecule has 4 nitrogen and oxygen atoms in total. The van der Waals surface area contributed by atoms with Crippen molar-refractivity contribution in [1.82, 2.24) is 9.88 Å². The van der Waals surface area contributed by atoms with Gasteiger partial charge in [-0.15, -0.1) is 0 Å². The van der Waals surface area contributed by atoms with Crippen LogP contribution in [0.1, 0.15) is 5.56 Å². The van der Waals surface area contributed by atoms with E-state index in [0.717, 1.165) is 48.4 Å². The first-order valence-electron chi connectivity index (χ1n) is 5.27. The number of rotatable bonds is 2. The predicted octanol–water partition coefficient (Wildman–Crippen LogP) is 1.43. The molecule has 2 rings (SSSR count). The summed E-state index contributed by atoms with van der Waals surface area (Å²) in [6.07, 6.45) is 2.73. The van der Waals surface area contributed by atoms with Crippen LogP contribution in [0.25, 0.3) is 0 Å². The normalized spacial score (nSPS) is 16.4. The first-order valence-corrected chi connectivity index (χ1v) is 6.06. The lowest BCUT2D eigenvalue weighted by Gasteiger charge is -2.34. The van der Waals surface area contributed by atoms with Gasteiger partial charge in [0.05, 0.1) is 0 Å². The molecule has 5 heteroatoms. The Bertz CT molecular complexity index is 389. The SMILES string of the molecule is Cc1cc(Br)cnc1N1CCN(C=O)CC1. The Morgan fingerprint density at radius 2 is 2.06 bits per heavy atom. The van der Waals surface area contributed by atoms with E-state index in [0.29, 0.717) is 0 Å². The van der Waals surface area contributed by atoms with Crippen LogP contribution in [0.2, 0.25) is 0 Å². The maximum absolute atomic E-state index is 10.6. The molecule has 86 valence electrons. The second-order valence-electron chi connectivity index (χ2n) is 3.92. The number of pyridine rings is 1. The van der Waals surface area contributed by atoms with Crippen LogP contribution < -0.4 is 4.90 Å². The van der Waals surface area contributed by atoms with E-state index in [4.69, 9.17) is 0 Å². The maximum Gasteiger partial charge on any atom is 0.209 e. The van der Waals surface area contributed by atoms with Gasteiger partial charge in [-0.1, -0.05) is 0 Å². The van der Waals surface area contributed by atoms with Gasteiger partial charge in [-0.05, 0) is 34.5 Å². The van der Waals surface area contributed by atoms with E-state index in [1.54, 1.807) is 4.90 Å². The summed E-state index contributed by atoms with van der Waals surface area (Å²) in [6.45, 7) is 5.32. The predicted molar refractivity (Wildman–Crippen MR) is 66.5 cm³/mol. The third-order valence-electron chi connectivity index (χ3n) is 2.78. The molecule has 0 atom stereocenters. The number of anilines is 1. The van der Waals surface area contributed by atoms with E-state index in [2.05, 4.69) is 38.8 Å². The van der Waals surface area contributed by atoms with Crippen LogP contribution in [-0.2, 0) is 4.79 Å². The Morgan fingerprint density at radius 1 is 1.38 bits per heavy atom. The smallest absolute Gasteiger partial charge is 0.209 e. The number of piperazine rings is 1. The van der Waals surface area contributed by atoms with Gasteiger partial charge in [-0.2, -0.15) is 0 Å². The topological polar surface area (TPSA) is 36.4 Å². The molecule has 1 aromatic rings. The Morgan fingerprint density at radius 3 is 2.62 bits per heavy atom. The molecule has 16 heavy (non-hydrogen) atoms. The minimum absolute atomic E-state index is 0.778. The average molecular weight is 284 g/mol. The van der Waals surface area contributed by atoms with E-state index in [-0.39, 0.29) is 0 Å². The molecule has 1 aliphatic rings. The standard InChI is InChI=1S/C11H14BrN3O/c1-9-6-10(12)7-13-11(9)15-4-2-14(8-16)3-5-15/h6-8H,2-5H2,1H3. The second kappa shape index (κ2) is 4.82. The lowest BCUT2D eigenvalue weighted by molar-refractivity contribution is -0.118. The molecule has 0 spiro atoms. The fourth-order valence-corrected chi connectivity index (χ4v) is 2.35. The highest BCUT2D eigenvalue weighted by Gasteiger charge is 2.17. The van der Waals surface area contributed by atoms with Gasteiger partial charge in [0.2, 0.25) is 6.41 Å². The van der Waals surface area contributed by atoms with Crippen molar-refractivity contribution in [2.45, 2.75) is 6.92 Å². The number of carbonyl (C=O) groups is 1. The van der Waals surface area contributed by atoms with Crippen molar-refractivity contribution in [2.75, 3.05) is 31.1 Å². The summed E-state index contributed by atoms with van der Waals surface area (Å²) in [4.78, 5) is 19.0. The Balaban J connectivity index is 2.11. The minimum atomic E-state index is 0.778. The summed E-state index contributed by atoms with van der Waals surface area (Å²) in [6, 6.07) is 2.06. The first-order chi connectivity index (χ1) is 7.70. The van der Waals surface area contributed by atoms with Crippen molar-refractivity contribution >= 4 is 28.2 Å². The molecule has 0 radical (unpaired) electrons. The van der Waals surface area contributed by atoms with E-state index in [1.807, 2.05) is 6.20 Å². The molecule has 0 aliphatic carbocycles. The second-order valence-corrected chi connectivity index (χ2v) is 4.84. The summed E-state index contributed by atoms with van der Waals surface area (Å²) >= 11 is 3.41. The molecule has 0 saturated carbocycles. The monoisotopic (exact) mass is 283 g/mol. The zero-order chi connectivity index (χ0) is 11.5. The molecule has 1 aliphatic heterocycles. The molecule has 0 N–H and O–H groups in total. The van der Waals surface area contributed by atoms with Crippen LogP contribution in [0, 0.1) is 6.92 Å². The Labute approximate surface area is 103 Å². The van der Waals surface area contributed by atoms with Gasteiger partial charge in [-0.3, -0.25) is 4.79 Å². The fraction of sp³-hybridized carbons (Fsp3) is 0.455.